The summed E-state index contributed by atoms with van der Waals surface area (Å²) in [6.45, 7) is 7.71. The van der Waals surface area contributed by atoms with Gasteiger partial charge >= 0.3 is 200 Å². The van der Waals surface area contributed by atoms with Crippen LogP contribution in [0.25, 0.3) is 0 Å². The summed E-state index contributed by atoms with van der Waals surface area (Å²) in [7, 11) is 0. The van der Waals surface area contributed by atoms with Crippen LogP contribution >= 0.6 is 11.3 Å². The number of rotatable bonds is 11. The molecule has 1 saturated heterocycles. The molecular weight excluding hydrogens is 542 g/mol. The third-order valence-corrected chi connectivity index (χ3v) is 26.8. The fourth-order valence-electron chi connectivity index (χ4n) is 5.41. The number of hydrogen-bond acceptors (Lipinski definition) is 4. The van der Waals surface area contributed by atoms with Crippen molar-refractivity contribution >= 4 is 32.6 Å². The van der Waals surface area contributed by atoms with Gasteiger partial charge in [0.25, 0.3) is 0 Å². The number of nitrogens with zero attached hydrogens (tertiary/aromatic N) is 1. The Morgan fingerprint density at radius 2 is 1.44 bits per heavy atom. The maximum absolute atomic E-state index is 14.3. The predicted octanol–water partition coefficient (Wildman–Crippen LogP) is 7.62. The van der Waals surface area contributed by atoms with E-state index in [9.17, 15) is 13.2 Å². The molecule has 1 aromatic heterocycles. The van der Waals surface area contributed by atoms with E-state index in [0.29, 0.717) is 13.2 Å². The van der Waals surface area contributed by atoms with Crippen LogP contribution in [0.5, 0.6) is 0 Å². The molecule has 0 radical (unpaired) electrons. The summed E-state index contributed by atoms with van der Waals surface area (Å²) in [5, 5.41) is 0.728. The molecule has 184 valence electrons. The maximum atomic E-state index is 14.3. The minimum atomic E-state index is -4.36. The number of ether oxygens (including phenoxy) is 2. The van der Waals surface area contributed by atoms with Crippen LogP contribution in [0.1, 0.15) is 102 Å². The van der Waals surface area contributed by atoms with Crippen molar-refractivity contribution < 1.29 is 22.6 Å². The van der Waals surface area contributed by atoms with Gasteiger partial charge in [0.15, 0.2) is 0 Å². The molecule has 2 heterocycles. The van der Waals surface area contributed by atoms with E-state index in [1.807, 2.05) is 0 Å². The predicted molar refractivity (Wildman–Crippen MR) is 127 cm³/mol. The summed E-state index contributed by atoms with van der Waals surface area (Å²) in [5.41, 5.74) is -0.509. The number of aromatic nitrogens is 1. The van der Waals surface area contributed by atoms with Crippen molar-refractivity contribution in [2.24, 2.45) is 0 Å². The van der Waals surface area contributed by atoms with Crippen LogP contribution < -0.4 is 2.89 Å². The molecule has 0 unspecified atom stereocenters. The molecule has 0 amide bonds. The van der Waals surface area contributed by atoms with Gasteiger partial charge in [-0.3, -0.25) is 0 Å². The second-order valence-corrected chi connectivity index (χ2v) is 24.8. The van der Waals surface area contributed by atoms with Crippen LogP contribution in [-0.4, -0.2) is 42.4 Å². The first-order valence-electron chi connectivity index (χ1n) is 12.7. The molecule has 1 aliphatic heterocycles. The number of unbranched alkanes of at least 4 members (excludes halogenated alkanes) is 3. The molecule has 3 rings (SSSR count). The van der Waals surface area contributed by atoms with Gasteiger partial charge in [-0.05, 0) is 0 Å². The number of alkyl halides is 3. The van der Waals surface area contributed by atoms with Gasteiger partial charge in [0.1, 0.15) is 0 Å². The Bertz CT molecular complexity index is 687. The first kappa shape index (κ1) is 26.7. The number of halogens is 3. The van der Waals surface area contributed by atoms with E-state index in [-0.39, 0.29) is 5.92 Å². The van der Waals surface area contributed by atoms with Gasteiger partial charge < -0.3 is 0 Å². The Morgan fingerprint density at radius 1 is 0.938 bits per heavy atom. The molecule has 1 aromatic rings. The van der Waals surface area contributed by atoms with Crippen LogP contribution in [-0.2, 0) is 15.7 Å². The van der Waals surface area contributed by atoms with Gasteiger partial charge in [0.05, 0.1) is 0 Å². The van der Waals surface area contributed by atoms with Crippen LogP contribution in [0.2, 0.25) is 13.3 Å². The quantitative estimate of drug-likeness (QED) is 0.252. The monoisotopic (exact) mass is 583 g/mol. The molecule has 3 nitrogen and oxygen atoms in total. The Kier molecular flexibility index (Phi) is 9.79. The molecular formula is C24H40F3NO2SSn. The van der Waals surface area contributed by atoms with E-state index < -0.39 is 36.0 Å². The first-order valence-corrected chi connectivity index (χ1v) is 21.0. The molecule has 8 heteroatoms. The first-order chi connectivity index (χ1) is 15.3. The molecule has 1 saturated carbocycles. The van der Waals surface area contributed by atoms with Crippen molar-refractivity contribution in [3.8, 4) is 0 Å². The molecule has 2 fully saturated rings. The molecule has 2 aliphatic rings. The average molecular weight is 582 g/mol. The van der Waals surface area contributed by atoms with Gasteiger partial charge in [-0.2, -0.15) is 0 Å². The minimum absolute atomic E-state index is 0.0980. The SMILES string of the molecule is CCC[CH2][Sn]([CH2]CCC)([CH2]CCC)[c]1sc(C2CCC3(CC2)OCCO3)nc1C(F)(F)F. The Balaban J connectivity index is 1.95. The van der Waals surface area contributed by atoms with Crippen molar-refractivity contribution in [2.75, 3.05) is 13.2 Å². The average Bonchev–Trinajstić information content (AvgIpc) is 3.42. The van der Waals surface area contributed by atoms with E-state index in [1.54, 1.807) is 0 Å². The third-order valence-electron chi connectivity index (χ3n) is 7.33. The molecule has 0 N–H and O–H groups in total. The Morgan fingerprint density at radius 3 is 1.88 bits per heavy atom. The summed E-state index contributed by atoms with van der Waals surface area (Å²) in [6.07, 6.45) is 5.05. The second-order valence-electron chi connectivity index (χ2n) is 9.70. The van der Waals surface area contributed by atoms with E-state index >= 15 is 0 Å². The zero-order valence-electron chi connectivity index (χ0n) is 20.0. The standard InChI is InChI=1S/C12H13F3NO2S.3C4H9.Sn/c13-12(14,15)9-7-19-10(16-9)8-1-3-11(4-2-8)17-5-6-18-11;3*1-3-4-2;/h8H,1-6H2;3*1,3-4H2,2H3;. The molecule has 1 aliphatic carbocycles. The van der Waals surface area contributed by atoms with Crippen molar-refractivity contribution in [3.05, 3.63) is 10.7 Å². The van der Waals surface area contributed by atoms with Gasteiger partial charge in [0, 0.05) is 0 Å². The third kappa shape index (κ3) is 6.22. The molecule has 1 spiro atoms. The Hall–Kier alpha value is 0.139. The van der Waals surface area contributed by atoms with Gasteiger partial charge in [0.2, 0.25) is 0 Å². The van der Waals surface area contributed by atoms with Crippen molar-refractivity contribution in [1.82, 2.24) is 4.98 Å². The fourth-order valence-corrected chi connectivity index (χ4v) is 26.3. The number of thiazole rings is 1. The molecule has 0 atom stereocenters. The van der Waals surface area contributed by atoms with Crippen LogP contribution in [0.3, 0.4) is 0 Å². The zero-order valence-corrected chi connectivity index (χ0v) is 23.7. The van der Waals surface area contributed by atoms with E-state index in [1.165, 1.54) is 11.3 Å². The summed E-state index contributed by atoms with van der Waals surface area (Å²) < 4.78 is 58.4. The van der Waals surface area contributed by atoms with E-state index in [0.717, 1.165) is 85.4 Å². The van der Waals surface area contributed by atoms with Crippen molar-refractivity contribution in [1.29, 1.82) is 0 Å². The summed E-state index contributed by atoms with van der Waals surface area (Å²) in [6, 6.07) is 0. The zero-order chi connectivity index (χ0) is 23.2. The van der Waals surface area contributed by atoms with E-state index in [2.05, 4.69) is 25.8 Å². The van der Waals surface area contributed by atoms with Crippen LogP contribution in [0.15, 0.2) is 0 Å². The molecule has 0 aromatic carbocycles. The molecule has 32 heavy (non-hydrogen) atoms. The van der Waals surface area contributed by atoms with Gasteiger partial charge in [-0.1, -0.05) is 0 Å². The summed E-state index contributed by atoms with van der Waals surface area (Å²) >= 11 is -1.77. The number of hydrogen-bond donors (Lipinski definition) is 0. The van der Waals surface area contributed by atoms with E-state index in [4.69, 9.17) is 9.47 Å². The van der Waals surface area contributed by atoms with Crippen molar-refractivity contribution in [3.63, 3.8) is 0 Å². The van der Waals surface area contributed by atoms with Gasteiger partial charge in [-0.25, -0.2) is 0 Å². The summed E-state index contributed by atoms with van der Waals surface area (Å²) in [4.78, 5) is 4.37. The Labute approximate surface area is 199 Å². The topological polar surface area (TPSA) is 31.4 Å². The normalized spacial score (nSPS) is 19.8. The van der Waals surface area contributed by atoms with Crippen molar-refractivity contribution in [2.45, 2.75) is 116 Å². The van der Waals surface area contributed by atoms with Crippen LogP contribution in [0.4, 0.5) is 13.2 Å². The second kappa shape index (κ2) is 11.7. The molecule has 0 bridgehead atoms. The van der Waals surface area contributed by atoms with Crippen LogP contribution in [0, 0.1) is 0 Å². The van der Waals surface area contributed by atoms with Gasteiger partial charge in [-0.15, -0.1) is 0 Å². The summed E-state index contributed by atoms with van der Waals surface area (Å²) in [5.74, 6) is -0.392. The fraction of sp³-hybridized carbons (Fsp3) is 0.875.